The summed E-state index contributed by atoms with van der Waals surface area (Å²) in [5, 5.41) is 15.6. The maximum absolute atomic E-state index is 12.9. The number of anilines is 2. The lowest BCUT2D eigenvalue weighted by Gasteiger charge is -2.35. The first-order chi connectivity index (χ1) is 16.1. The van der Waals surface area contributed by atoms with Crippen molar-refractivity contribution >= 4 is 33.9 Å². The molecule has 33 heavy (non-hydrogen) atoms. The lowest BCUT2D eigenvalue weighted by atomic mass is 10.2. The van der Waals surface area contributed by atoms with Crippen LogP contribution in [0.2, 0.25) is 0 Å². The Kier molecular flexibility index (Phi) is 5.87. The number of nitro benzene ring substituents is 1. The van der Waals surface area contributed by atoms with Crippen molar-refractivity contribution < 1.29 is 18.9 Å². The topological polar surface area (TPSA) is 101 Å². The first kappa shape index (κ1) is 21.3. The van der Waals surface area contributed by atoms with Crippen LogP contribution in [-0.2, 0) is 4.74 Å². The molecule has 2 aliphatic heterocycles. The van der Waals surface area contributed by atoms with E-state index in [1.54, 1.807) is 23.1 Å². The van der Waals surface area contributed by atoms with Crippen molar-refractivity contribution in [1.82, 2.24) is 4.90 Å². The molecule has 5 rings (SSSR count). The van der Waals surface area contributed by atoms with Gasteiger partial charge in [0.15, 0.2) is 5.76 Å². The van der Waals surface area contributed by atoms with E-state index in [1.807, 2.05) is 30.3 Å². The van der Waals surface area contributed by atoms with Gasteiger partial charge in [0.1, 0.15) is 11.3 Å². The van der Waals surface area contributed by atoms with Gasteiger partial charge in [0, 0.05) is 56.5 Å². The zero-order valence-corrected chi connectivity index (χ0v) is 18.2. The van der Waals surface area contributed by atoms with Gasteiger partial charge >= 0.3 is 0 Å². The van der Waals surface area contributed by atoms with Crippen molar-refractivity contribution in [3.8, 4) is 0 Å². The molecule has 3 aromatic rings. The summed E-state index contributed by atoms with van der Waals surface area (Å²) >= 11 is 0. The quantitative estimate of drug-likeness (QED) is 0.449. The smallest absolute Gasteiger partial charge is 0.292 e. The van der Waals surface area contributed by atoms with Crippen molar-refractivity contribution in [2.24, 2.45) is 0 Å². The van der Waals surface area contributed by atoms with Crippen molar-refractivity contribution in [2.45, 2.75) is 18.9 Å². The molecule has 9 heteroatoms. The Morgan fingerprint density at radius 1 is 1.12 bits per heavy atom. The summed E-state index contributed by atoms with van der Waals surface area (Å²) in [5.41, 5.74) is 2.14. The largest absolute Gasteiger partial charge is 0.451 e. The number of furan rings is 1. The summed E-state index contributed by atoms with van der Waals surface area (Å²) in [6.07, 6.45) is 2.06. The zero-order valence-electron chi connectivity index (χ0n) is 18.2. The molecule has 3 heterocycles. The summed E-state index contributed by atoms with van der Waals surface area (Å²) in [4.78, 5) is 28.0. The Hall–Kier alpha value is -3.59. The van der Waals surface area contributed by atoms with Gasteiger partial charge in [0.05, 0.1) is 11.0 Å². The maximum atomic E-state index is 12.9. The number of nitrogens with zero attached hydrogens (tertiary/aromatic N) is 3. The van der Waals surface area contributed by atoms with Crippen LogP contribution in [-0.4, -0.2) is 61.2 Å². The lowest BCUT2D eigenvalue weighted by Crippen LogP contribution is -2.48. The molecule has 0 saturated carbocycles. The van der Waals surface area contributed by atoms with Crippen LogP contribution in [0, 0.1) is 10.1 Å². The summed E-state index contributed by atoms with van der Waals surface area (Å²) in [7, 11) is 0. The van der Waals surface area contributed by atoms with E-state index in [-0.39, 0.29) is 22.6 Å². The fourth-order valence-corrected chi connectivity index (χ4v) is 4.46. The van der Waals surface area contributed by atoms with Crippen molar-refractivity contribution in [3.05, 3.63) is 64.4 Å². The van der Waals surface area contributed by atoms with Gasteiger partial charge in [-0.3, -0.25) is 14.9 Å². The number of rotatable bonds is 6. The van der Waals surface area contributed by atoms with E-state index in [0.29, 0.717) is 49.8 Å². The number of carbonyl (C=O) groups excluding carboxylic acids is 1. The number of benzene rings is 2. The predicted octanol–water partition coefficient (Wildman–Crippen LogP) is 3.89. The van der Waals surface area contributed by atoms with Crippen LogP contribution in [0.5, 0.6) is 0 Å². The molecule has 2 aromatic carbocycles. The lowest BCUT2D eigenvalue weighted by molar-refractivity contribution is -0.383. The Labute approximate surface area is 191 Å². The van der Waals surface area contributed by atoms with Gasteiger partial charge in [-0.1, -0.05) is 18.2 Å². The third kappa shape index (κ3) is 4.49. The Bertz CT molecular complexity index is 1130. The molecule has 0 aliphatic carbocycles. The van der Waals surface area contributed by atoms with Gasteiger partial charge in [0.25, 0.3) is 11.6 Å². The van der Waals surface area contributed by atoms with Gasteiger partial charge in [-0.2, -0.15) is 0 Å². The number of nitro groups is 1. The van der Waals surface area contributed by atoms with Crippen molar-refractivity contribution in [1.29, 1.82) is 0 Å². The molecular weight excluding hydrogens is 424 g/mol. The van der Waals surface area contributed by atoms with E-state index in [4.69, 9.17) is 9.15 Å². The summed E-state index contributed by atoms with van der Waals surface area (Å²) in [5.74, 6) is 0.231. The maximum Gasteiger partial charge on any atom is 0.292 e. The highest BCUT2D eigenvalue weighted by atomic mass is 16.6. The molecule has 2 fully saturated rings. The van der Waals surface area contributed by atoms with E-state index >= 15 is 0 Å². The molecule has 1 aromatic heterocycles. The van der Waals surface area contributed by atoms with E-state index < -0.39 is 0 Å². The monoisotopic (exact) mass is 450 g/mol. The van der Waals surface area contributed by atoms with Crippen LogP contribution in [0.1, 0.15) is 23.4 Å². The van der Waals surface area contributed by atoms with Crippen LogP contribution < -0.4 is 10.2 Å². The van der Waals surface area contributed by atoms with Crippen LogP contribution >= 0.6 is 0 Å². The standard InChI is InChI=1S/C24H26N4O5/c29-24(23-14-17-4-1-2-6-22(17)33-23)27-11-9-26(10-12-27)18-7-8-21(28(30)31)20(15-18)25-16-19-5-3-13-32-19/h1-2,4,6-8,14-15,19,25H,3,5,9-13,16H2/t19-/m1/s1. The summed E-state index contributed by atoms with van der Waals surface area (Å²) < 4.78 is 11.4. The molecule has 2 saturated heterocycles. The number of hydrogen-bond donors (Lipinski definition) is 1. The summed E-state index contributed by atoms with van der Waals surface area (Å²) in [6, 6.07) is 14.5. The van der Waals surface area contributed by atoms with Gasteiger partial charge in [-0.15, -0.1) is 0 Å². The molecule has 2 aliphatic rings. The van der Waals surface area contributed by atoms with Gasteiger partial charge in [-0.05, 0) is 37.1 Å². The first-order valence-electron chi connectivity index (χ1n) is 11.3. The molecule has 172 valence electrons. The average Bonchev–Trinajstić information content (AvgIpc) is 3.52. The zero-order chi connectivity index (χ0) is 22.8. The molecule has 0 unspecified atom stereocenters. The molecule has 1 amide bonds. The summed E-state index contributed by atoms with van der Waals surface area (Å²) in [6.45, 7) is 3.65. The SMILES string of the molecule is O=C(c1cc2ccccc2o1)N1CCN(c2ccc([N+](=O)[O-])c(NC[C@H]3CCCO3)c2)CC1. The molecule has 1 atom stereocenters. The van der Waals surface area contributed by atoms with E-state index in [1.165, 1.54) is 0 Å². The highest BCUT2D eigenvalue weighted by Crippen LogP contribution is 2.31. The Balaban J connectivity index is 1.25. The number of amides is 1. The van der Waals surface area contributed by atoms with Crippen LogP contribution in [0.15, 0.2) is 52.9 Å². The number of hydrogen-bond acceptors (Lipinski definition) is 7. The molecular formula is C24H26N4O5. The number of para-hydroxylation sites is 1. The number of fused-ring (bicyclic) bond motifs is 1. The van der Waals surface area contributed by atoms with Gasteiger partial charge in [0.2, 0.25) is 0 Å². The fraction of sp³-hybridized carbons (Fsp3) is 0.375. The number of carbonyl (C=O) groups is 1. The predicted molar refractivity (Wildman–Crippen MR) is 125 cm³/mol. The van der Waals surface area contributed by atoms with E-state index in [9.17, 15) is 14.9 Å². The molecule has 0 radical (unpaired) electrons. The van der Waals surface area contributed by atoms with E-state index in [2.05, 4.69) is 10.2 Å². The van der Waals surface area contributed by atoms with Crippen molar-refractivity contribution in [3.63, 3.8) is 0 Å². The third-order valence-electron chi connectivity index (χ3n) is 6.29. The minimum Gasteiger partial charge on any atom is -0.451 e. The normalized spacial score (nSPS) is 18.6. The van der Waals surface area contributed by atoms with Crippen LogP contribution in [0.4, 0.5) is 17.1 Å². The minimum absolute atomic E-state index is 0.0513. The van der Waals surface area contributed by atoms with Crippen LogP contribution in [0.3, 0.4) is 0 Å². The number of piperazine rings is 1. The molecule has 1 N–H and O–H groups in total. The second kappa shape index (κ2) is 9.11. The highest BCUT2D eigenvalue weighted by molar-refractivity contribution is 5.96. The number of ether oxygens (including phenoxy) is 1. The third-order valence-corrected chi connectivity index (χ3v) is 6.29. The first-order valence-corrected chi connectivity index (χ1v) is 11.3. The Morgan fingerprint density at radius 3 is 2.67 bits per heavy atom. The molecule has 9 nitrogen and oxygen atoms in total. The highest BCUT2D eigenvalue weighted by Gasteiger charge is 2.26. The Morgan fingerprint density at radius 2 is 1.94 bits per heavy atom. The number of nitrogens with one attached hydrogen (secondary N) is 1. The average molecular weight is 450 g/mol. The van der Waals surface area contributed by atoms with Crippen molar-refractivity contribution in [2.75, 3.05) is 49.5 Å². The van der Waals surface area contributed by atoms with Gasteiger partial charge in [-0.25, -0.2) is 0 Å². The van der Waals surface area contributed by atoms with Crippen LogP contribution in [0.25, 0.3) is 11.0 Å². The fourth-order valence-electron chi connectivity index (χ4n) is 4.46. The molecule has 0 spiro atoms. The van der Waals surface area contributed by atoms with Gasteiger partial charge < -0.3 is 24.3 Å². The van der Waals surface area contributed by atoms with E-state index in [0.717, 1.165) is 30.5 Å². The molecule has 0 bridgehead atoms. The minimum atomic E-state index is -0.369. The second-order valence-electron chi connectivity index (χ2n) is 8.40. The second-order valence-corrected chi connectivity index (χ2v) is 8.40.